The van der Waals surface area contributed by atoms with Crippen LogP contribution in [-0.2, 0) is 9.13 Å². The third-order valence-electron chi connectivity index (χ3n) is 9.69. The molecule has 0 N–H and O–H groups in total. The number of hydrogen-bond donors (Lipinski definition) is 0. The third kappa shape index (κ3) is 8.68. The first-order valence-corrected chi connectivity index (χ1v) is 22.2. The Bertz CT molecular complexity index is 1880. The fourth-order valence-corrected chi connectivity index (χ4v) is 11.9. The molecule has 7 aliphatic rings. The van der Waals surface area contributed by atoms with Crippen molar-refractivity contribution in [1.82, 2.24) is 0 Å². The average molecular weight is 757 g/mol. The topological polar surface area (TPSA) is 71.1 Å². The van der Waals surface area contributed by atoms with E-state index in [1.807, 2.05) is 158 Å². The van der Waals surface area contributed by atoms with E-state index in [0.717, 1.165) is 93.4 Å². The quantitative estimate of drug-likeness (QED) is 0.165. The van der Waals surface area contributed by atoms with Crippen LogP contribution in [0.15, 0.2) is 158 Å². The molecule has 0 saturated carbocycles. The van der Waals surface area contributed by atoms with Gasteiger partial charge in [0.05, 0.1) is 26.4 Å². The van der Waals surface area contributed by atoms with Gasteiger partial charge in [-0.2, -0.15) is 0 Å². The van der Waals surface area contributed by atoms with Crippen molar-refractivity contribution in [2.24, 2.45) is 0 Å². The largest absolute Gasteiger partial charge is 0.494 e. The van der Waals surface area contributed by atoms with Gasteiger partial charge in [-0.3, -0.25) is 0 Å². The van der Waals surface area contributed by atoms with Crippen LogP contribution in [0.1, 0.15) is 38.5 Å². The minimum absolute atomic E-state index is 0.577. The van der Waals surface area contributed by atoms with E-state index >= 15 is 0 Å². The second-order valence-corrected chi connectivity index (χ2v) is 18.9. The van der Waals surface area contributed by atoms with E-state index in [-0.39, 0.29) is 0 Å². The number of rotatable bonds is 2. The molecule has 0 radical (unpaired) electrons. The lowest BCUT2D eigenvalue weighted by Crippen LogP contribution is -2.25. The average Bonchev–Trinajstić information content (AvgIpc) is 3.23. The summed E-state index contributed by atoms with van der Waals surface area (Å²) >= 11 is 0. The fourth-order valence-electron chi connectivity index (χ4n) is 6.70. The van der Waals surface area contributed by atoms with Crippen molar-refractivity contribution in [1.29, 1.82) is 0 Å². The Morgan fingerprint density at radius 1 is 0.278 bits per heavy atom. The maximum atomic E-state index is 15.0. The summed E-state index contributed by atoms with van der Waals surface area (Å²) in [6.45, 7) is 2.31. The van der Waals surface area contributed by atoms with Crippen LogP contribution in [0, 0.1) is 0 Å². The maximum Gasteiger partial charge on any atom is 0.171 e. The minimum atomic E-state index is -3.13. The Hall–Kier alpha value is -5.02. The van der Waals surface area contributed by atoms with E-state index in [0.29, 0.717) is 26.4 Å². The van der Waals surface area contributed by atoms with Crippen LogP contribution in [0.25, 0.3) is 0 Å². The van der Waals surface area contributed by atoms with Crippen LogP contribution in [0.2, 0.25) is 0 Å². The van der Waals surface area contributed by atoms with Gasteiger partial charge in [-0.05, 0) is 136 Å². The fraction of sp³-hybridized carbons (Fsp3) is 0.217. The second-order valence-electron chi connectivity index (χ2n) is 13.4. The Morgan fingerprint density at radius 3 is 0.741 bits per heavy atom. The summed E-state index contributed by atoms with van der Waals surface area (Å²) in [6, 6.07) is 50.0. The molecule has 0 spiro atoms. The highest BCUT2D eigenvalue weighted by atomic mass is 31.2. The van der Waals surface area contributed by atoms with Crippen LogP contribution < -0.4 is 50.8 Å². The normalized spacial score (nSPS) is 20.0. The zero-order valence-electron chi connectivity index (χ0n) is 30.4. The lowest BCUT2D eigenvalue weighted by atomic mass is 10.2. The van der Waals surface area contributed by atoms with Gasteiger partial charge in [-0.25, -0.2) is 0 Å². The highest BCUT2D eigenvalue weighted by Crippen LogP contribution is 2.44. The molecule has 13 rings (SSSR count). The van der Waals surface area contributed by atoms with Gasteiger partial charge in [0.15, 0.2) is 14.3 Å². The van der Waals surface area contributed by atoms with Gasteiger partial charge in [-0.1, -0.05) is 60.7 Å². The highest BCUT2D eigenvalue weighted by Gasteiger charge is 2.31. The lowest BCUT2D eigenvalue weighted by molar-refractivity contribution is 0.279. The Labute approximate surface area is 318 Å². The van der Waals surface area contributed by atoms with Gasteiger partial charge in [0.25, 0.3) is 0 Å². The van der Waals surface area contributed by atoms with Gasteiger partial charge >= 0.3 is 0 Å². The maximum absolute atomic E-state index is 15.0. The lowest BCUT2D eigenvalue weighted by Gasteiger charge is -2.21. The highest BCUT2D eigenvalue weighted by molar-refractivity contribution is 7.85. The van der Waals surface area contributed by atoms with Crippen LogP contribution in [0.3, 0.4) is 0 Å². The number of hydrogen-bond acceptors (Lipinski definition) is 6. The van der Waals surface area contributed by atoms with E-state index in [4.69, 9.17) is 18.9 Å². The smallest absolute Gasteiger partial charge is 0.171 e. The van der Waals surface area contributed by atoms with Crippen molar-refractivity contribution in [3.05, 3.63) is 158 Å². The van der Waals surface area contributed by atoms with Crippen molar-refractivity contribution in [3.63, 3.8) is 0 Å². The van der Waals surface area contributed by atoms with Crippen LogP contribution in [-0.4, -0.2) is 26.4 Å². The SMILES string of the molecule is O=P1(c2ccccc2)c2ccc(cc2)OCCCCCOc2ccc(cc2)P(=O)(c2ccccc2)c2ccc(cc2)OCCCCCOc2ccc1cc2. The van der Waals surface area contributed by atoms with Gasteiger partial charge in [0, 0.05) is 31.8 Å². The van der Waals surface area contributed by atoms with E-state index in [1.165, 1.54) is 0 Å². The summed E-state index contributed by atoms with van der Waals surface area (Å²) in [5.41, 5.74) is 0. The predicted molar refractivity (Wildman–Crippen MR) is 221 cm³/mol. The molecule has 0 atom stereocenters. The molecule has 7 aliphatic heterocycles. The van der Waals surface area contributed by atoms with Gasteiger partial charge in [0.2, 0.25) is 0 Å². The van der Waals surface area contributed by atoms with Crippen molar-refractivity contribution < 1.29 is 28.1 Å². The van der Waals surface area contributed by atoms with Crippen molar-refractivity contribution >= 4 is 46.1 Å². The van der Waals surface area contributed by atoms with Crippen molar-refractivity contribution in [2.45, 2.75) is 38.5 Å². The number of ether oxygens (including phenoxy) is 4. The summed E-state index contributed by atoms with van der Waals surface area (Å²) in [6.07, 6.45) is 5.41. The molecule has 8 heteroatoms. The van der Waals surface area contributed by atoms with E-state index in [1.54, 1.807) is 0 Å². The molecule has 0 amide bonds. The summed E-state index contributed by atoms with van der Waals surface area (Å²) in [4.78, 5) is 0. The van der Waals surface area contributed by atoms with Crippen LogP contribution >= 0.6 is 14.3 Å². The molecule has 0 aromatic heterocycles. The molecule has 8 bridgehead atoms. The molecule has 0 fully saturated rings. The van der Waals surface area contributed by atoms with Gasteiger partial charge in [0.1, 0.15) is 23.0 Å². The van der Waals surface area contributed by atoms with Crippen LogP contribution in [0.4, 0.5) is 0 Å². The predicted octanol–water partition coefficient (Wildman–Crippen LogP) is 8.54. The molecule has 0 aliphatic carbocycles. The first kappa shape index (κ1) is 37.3. The van der Waals surface area contributed by atoms with Gasteiger partial charge < -0.3 is 28.1 Å². The molecule has 0 saturated heterocycles. The third-order valence-corrected chi connectivity index (χ3v) is 15.8. The summed E-state index contributed by atoms with van der Waals surface area (Å²) in [5, 5.41) is 4.60. The molecule has 6 aromatic rings. The molecule has 0 unspecified atom stereocenters. The van der Waals surface area contributed by atoms with E-state index in [2.05, 4.69) is 0 Å². The molecule has 54 heavy (non-hydrogen) atoms. The van der Waals surface area contributed by atoms with Gasteiger partial charge in [-0.15, -0.1) is 0 Å². The Morgan fingerprint density at radius 2 is 0.500 bits per heavy atom. The first-order chi connectivity index (χ1) is 26.5. The first-order valence-electron chi connectivity index (χ1n) is 18.8. The zero-order chi connectivity index (χ0) is 37.1. The van der Waals surface area contributed by atoms with E-state index < -0.39 is 14.3 Å². The minimum Gasteiger partial charge on any atom is -0.494 e. The standard InChI is InChI=1S/C46H46O6P2/c47-53(41-13-5-1-6-14-41)43-25-17-37(18-26-43)49-33-9-3-11-35-51-39-21-29-45(30-22-39)54(48,42-15-7-2-8-16-42)46-31-23-40(24-32-46)52-36-12-4-10-34-50-38-19-27-44(53)28-20-38/h1-2,5-8,13-32H,3-4,9-12,33-36H2. The summed E-state index contributed by atoms with van der Waals surface area (Å²) in [5.74, 6) is 3.00. The van der Waals surface area contributed by atoms with Crippen molar-refractivity contribution in [2.75, 3.05) is 26.4 Å². The molecule has 6 aromatic carbocycles. The monoisotopic (exact) mass is 756 g/mol. The van der Waals surface area contributed by atoms with Crippen molar-refractivity contribution in [3.8, 4) is 23.0 Å². The molecular weight excluding hydrogens is 710 g/mol. The molecular formula is C46H46O6P2. The summed E-state index contributed by atoms with van der Waals surface area (Å²) < 4.78 is 54.2. The Kier molecular flexibility index (Phi) is 12.3. The molecule has 276 valence electrons. The zero-order valence-corrected chi connectivity index (χ0v) is 32.2. The van der Waals surface area contributed by atoms with Crippen LogP contribution in [0.5, 0.6) is 23.0 Å². The molecule has 7 heterocycles. The Balaban J connectivity index is 1.07. The second kappa shape index (κ2) is 17.9. The summed E-state index contributed by atoms with van der Waals surface area (Å²) in [7, 11) is -6.26. The molecule has 6 nitrogen and oxygen atoms in total. The number of benzene rings is 6. The van der Waals surface area contributed by atoms with E-state index in [9.17, 15) is 9.13 Å².